The van der Waals surface area contributed by atoms with Gasteiger partial charge < -0.3 is 9.80 Å². The summed E-state index contributed by atoms with van der Waals surface area (Å²) in [5.41, 5.74) is 1.90. The molecule has 1 aliphatic heterocycles. The van der Waals surface area contributed by atoms with Crippen LogP contribution < -0.4 is 9.80 Å². The predicted molar refractivity (Wildman–Crippen MR) is 144 cm³/mol. The standard InChI is InChI=1S/C27H32N2O6S2/c1-5-28(6-2)22-13-9-20(10-14-22)27(21-11-15-23(16-12-21)29(7-3)8-4)25-18-17-24(36(30,31)32)19-26(25)37(33,34)35-27/h9-19H,5-8H2,1-4H3,(H,30,31,32). The summed E-state index contributed by atoms with van der Waals surface area (Å²) in [6, 6.07) is 18.6. The van der Waals surface area contributed by atoms with Crippen LogP contribution in [0.3, 0.4) is 0 Å². The number of rotatable bonds is 9. The van der Waals surface area contributed by atoms with Crippen LogP contribution in [0.25, 0.3) is 0 Å². The molecule has 10 heteroatoms. The fourth-order valence-corrected chi connectivity index (χ4v) is 7.02. The lowest BCUT2D eigenvalue weighted by Crippen LogP contribution is -2.30. The van der Waals surface area contributed by atoms with E-state index in [-0.39, 0.29) is 10.5 Å². The molecule has 3 aromatic rings. The summed E-state index contributed by atoms with van der Waals surface area (Å²) in [5.74, 6) is 0. The van der Waals surface area contributed by atoms with Gasteiger partial charge >= 0.3 is 0 Å². The van der Waals surface area contributed by atoms with Crippen molar-refractivity contribution in [2.75, 3.05) is 36.0 Å². The Hall–Kier alpha value is -2.92. The molecule has 0 saturated carbocycles. The van der Waals surface area contributed by atoms with Crippen LogP contribution in [0.4, 0.5) is 11.4 Å². The molecule has 0 amide bonds. The molecule has 0 unspecified atom stereocenters. The summed E-state index contributed by atoms with van der Waals surface area (Å²) >= 11 is 0. The van der Waals surface area contributed by atoms with E-state index in [9.17, 15) is 21.4 Å². The van der Waals surface area contributed by atoms with Crippen molar-refractivity contribution in [2.45, 2.75) is 43.1 Å². The van der Waals surface area contributed by atoms with Crippen molar-refractivity contribution in [1.82, 2.24) is 0 Å². The van der Waals surface area contributed by atoms with E-state index in [1.165, 1.54) is 12.1 Å². The first kappa shape index (κ1) is 27.1. The predicted octanol–water partition coefficient (Wildman–Crippen LogP) is 4.64. The number of benzene rings is 3. The van der Waals surface area contributed by atoms with Crippen molar-refractivity contribution in [3.8, 4) is 0 Å². The summed E-state index contributed by atoms with van der Waals surface area (Å²) in [7, 11) is -8.97. The molecule has 8 nitrogen and oxygen atoms in total. The van der Waals surface area contributed by atoms with Gasteiger partial charge in [-0.2, -0.15) is 16.8 Å². The van der Waals surface area contributed by atoms with Gasteiger partial charge in [0.2, 0.25) is 0 Å². The summed E-state index contributed by atoms with van der Waals surface area (Å²) < 4.78 is 65.6. The van der Waals surface area contributed by atoms with Gasteiger partial charge in [-0.05, 0) is 75.2 Å². The molecule has 0 aliphatic carbocycles. The van der Waals surface area contributed by atoms with Gasteiger partial charge in [0.15, 0.2) is 5.60 Å². The highest BCUT2D eigenvalue weighted by Crippen LogP contribution is 2.51. The van der Waals surface area contributed by atoms with E-state index in [1.807, 2.05) is 48.5 Å². The third-order valence-electron chi connectivity index (χ3n) is 6.94. The second kappa shape index (κ2) is 10.1. The average molecular weight is 545 g/mol. The Bertz CT molecular complexity index is 1420. The Kier molecular flexibility index (Phi) is 7.40. The summed E-state index contributed by atoms with van der Waals surface area (Å²) in [4.78, 5) is 3.55. The molecule has 0 aromatic heterocycles. The lowest BCUT2D eigenvalue weighted by molar-refractivity contribution is 0.180. The van der Waals surface area contributed by atoms with Crippen LogP contribution in [0.2, 0.25) is 0 Å². The molecule has 0 bridgehead atoms. The van der Waals surface area contributed by atoms with Crippen LogP contribution >= 0.6 is 0 Å². The molecule has 1 N–H and O–H groups in total. The van der Waals surface area contributed by atoms with Gasteiger partial charge in [-0.1, -0.05) is 30.3 Å². The van der Waals surface area contributed by atoms with Crippen LogP contribution in [0.5, 0.6) is 0 Å². The van der Waals surface area contributed by atoms with Gasteiger partial charge in [-0.25, -0.2) is 4.18 Å². The zero-order chi connectivity index (χ0) is 27.0. The molecule has 1 aliphatic rings. The molecule has 4 rings (SSSR count). The zero-order valence-electron chi connectivity index (χ0n) is 21.4. The van der Waals surface area contributed by atoms with Gasteiger partial charge in [-0.15, -0.1) is 0 Å². The SMILES string of the molecule is CCN(CC)c1ccc(C2(c3ccc(N(CC)CC)cc3)OS(=O)(=O)c3cc(S(=O)(=O)O)ccc32)cc1. The van der Waals surface area contributed by atoms with Crippen molar-refractivity contribution in [3.63, 3.8) is 0 Å². The highest BCUT2D eigenvalue weighted by molar-refractivity contribution is 7.87. The van der Waals surface area contributed by atoms with Crippen LogP contribution in [0.15, 0.2) is 76.5 Å². The van der Waals surface area contributed by atoms with Gasteiger partial charge in [0.1, 0.15) is 4.90 Å². The molecule has 1 heterocycles. The first-order valence-corrected chi connectivity index (χ1v) is 15.1. The minimum absolute atomic E-state index is 0.283. The Morgan fingerprint density at radius 2 is 1.19 bits per heavy atom. The number of hydrogen-bond acceptors (Lipinski definition) is 7. The second-order valence-electron chi connectivity index (χ2n) is 8.79. The van der Waals surface area contributed by atoms with E-state index >= 15 is 0 Å². The van der Waals surface area contributed by atoms with Crippen LogP contribution in [0, 0.1) is 0 Å². The monoisotopic (exact) mass is 544 g/mol. The number of fused-ring (bicyclic) bond motifs is 1. The molecule has 0 atom stereocenters. The van der Waals surface area contributed by atoms with E-state index in [4.69, 9.17) is 4.18 Å². The third-order valence-corrected chi connectivity index (χ3v) is 9.13. The van der Waals surface area contributed by atoms with Gasteiger partial charge in [0.05, 0.1) is 4.90 Å². The van der Waals surface area contributed by atoms with E-state index in [0.29, 0.717) is 11.1 Å². The maximum absolute atomic E-state index is 13.3. The van der Waals surface area contributed by atoms with Gasteiger partial charge in [-0.3, -0.25) is 4.55 Å². The van der Waals surface area contributed by atoms with E-state index in [1.54, 1.807) is 0 Å². The van der Waals surface area contributed by atoms with Crippen LogP contribution in [0.1, 0.15) is 44.4 Å². The van der Waals surface area contributed by atoms with E-state index in [0.717, 1.165) is 43.6 Å². The zero-order valence-corrected chi connectivity index (χ0v) is 23.0. The number of anilines is 2. The van der Waals surface area contributed by atoms with Gasteiger partial charge in [0, 0.05) is 43.1 Å². The van der Waals surface area contributed by atoms with E-state index < -0.39 is 30.7 Å². The fraction of sp³-hybridized carbons (Fsp3) is 0.333. The van der Waals surface area contributed by atoms with Crippen molar-refractivity contribution in [3.05, 3.63) is 83.4 Å². The number of nitrogens with zero attached hydrogens (tertiary/aromatic N) is 2. The normalized spacial score (nSPS) is 15.8. The summed E-state index contributed by atoms with van der Waals surface area (Å²) in [5, 5.41) is 0. The Labute approximate surface area is 219 Å². The molecule has 37 heavy (non-hydrogen) atoms. The first-order valence-electron chi connectivity index (χ1n) is 12.3. The topological polar surface area (TPSA) is 104 Å². The largest absolute Gasteiger partial charge is 0.372 e. The molecule has 3 aromatic carbocycles. The summed E-state index contributed by atoms with van der Waals surface area (Å²) in [6.45, 7) is 11.5. The minimum atomic E-state index is -4.61. The molecule has 0 spiro atoms. The quantitative estimate of drug-likeness (QED) is 0.307. The second-order valence-corrected chi connectivity index (χ2v) is 11.7. The van der Waals surface area contributed by atoms with Crippen LogP contribution in [-0.2, 0) is 30.0 Å². The van der Waals surface area contributed by atoms with Crippen molar-refractivity contribution < 1.29 is 25.6 Å². The molecule has 0 saturated heterocycles. The molecular weight excluding hydrogens is 512 g/mol. The molecule has 0 fully saturated rings. The summed E-state index contributed by atoms with van der Waals surface area (Å²) in [6.07, 6.45) is 0. The maximum atomic E-state index is 13.3. The van der Waals surface area contributed by atoms with E-state index in [2.05, 4.69) is 37.5 Å². The first-order chi connectivity index (χ1) is 17.5. The Balaban J connectivity index is 1.97. The fourth-order valence-electron chi connectivity index (χ4n) is 4.98. The minimum Gasteiger partial charge on any atom is -0.372 e. The Morgan fingerprint density at radius 3 is 1.57 bits per heavy atom. The Morgan fingerprint density at radius 1 is 0.757 bits per heavy atom. The van der Waals surface area contributed by atoms with Crippen molar-refractivity contribution >= 4 is 31.6 Å². The average Bonchev–Trinajstić information content (AvgIpc) is 3.13. The number of hydrogen-bond donors (Lipinski definition) is 1. The molecular formula is C27H32N2O6S2. The van der Waals surface area contributed by atoms with Crippen molar-refractivity contribution in [1.29, 1.82) is 0 Å². The van der Waals surface area contributed by atoms with Crippen LogP contribution in [-0.4, -0.2) is 47.6 Å². The molecule has 198 valence electrons. The molecule has 0 radical (unpaired) electrons. The highest BCUT2D eigenvalue weighted by atomic mass is 32.2. The lowest BCUT2D eigenvalue weighted by atomic mass is 9.80. The van der Waals surface area contributed by atoms with Gasteiger partial charge in [0.25, 0.3) is 20.2 Å². The van der Waals surface area contributed by atoms with Crippen molar-refractivity contribution in [2.24, 2.45) is 0 Å². The lowest BCUT2D eigenvalue weighted by Gasteiger charge is -2.31. The third kappa shape index (κ3) is 4.74. The highest BCUT2D eigenvalue weighted by Gasteiger charge is 2.51. The maximum Gasteiger partial charge on any atom is 0.298 e. The smallest absolute Gasteiger partial charge is 0.298 e.